The van der Waals surface area contributed by atoms with Crippen LogP contribution in [0.4, 0.5) is 0 Å². The number of aromatic nitrogens is 3. The predicted octanol–water partition coefficient (Wildman–Crippen LogP) is 2.38. The number of hydrogen-bond donors (Lipinski definition) is 1. The van der Waals surface area contributed by atoms with Gasteiger partial charge in [0.25, 0.3) is 0 Å². The fraction of sp³-hybridized carbons (Fsp3) is 0.385. The molecule has 1 atom stereocenters. The summed E-state index contributed by atoms with van der Waals surface area (Å²) in [7, 11) is 1.90. The summed E-state index contributed by atoms with van der Waals surface area (Å²) in [5.41, 5.74) is 6.78. The summed E-state index contributed by atoms with van der Waals surface area (Å²) < 4.78 is 7.53. The van der Waals surface area contributed by atoms with Crippen LogP contribution in [0.3, 0.4) is 0 Å². The van der Waals surface area contributed by atoms with E-state index in [-0.39, 0.29) is 6.04 Å². The van der Waals surface area contributed by atoms with Gasteiger partial charge in [-0.15, -0.1) is 10.2 Å². The van der Waals surface area contributed by atoms with Crippen LogP contribution in [0.1, 0.15) is 30.2 Å². The summed E-state index contributed by atoms with van der Waals surface area (Å²) in [6, 6.07) is 5.51. The van der Waals surface area contributed by atoms with Gasteiger partial charge in [0.15, 0.2) is 5.82 Å². The molecule has 0 saturated heterocycles. The first-order valence-corrected chi connectivity index (χ1v) is 6.39. The van der Waals surface area contributed by atoms with Crippen molar-refractivity contribution >= 4 is 11.6 Å². The van der Waals surface area contributed by atoms with Crippen molar-refractivity contribution in [2.45, 2.75) is 26.5 Å². The standard InChI is InChI=1S/C13H17ClN4O/c1-8(15)10-4-5-12(11(14)6-10)19-7-13-17-16-9(2)18(13)3/h4-6,8H,7,15H2,1-3H3/t8-/m1/s1. The van der Waals surface area contributed by atoms with Crippen LogP contribution >= 0.6 is 11.6 Å². The highest BCUT2D eigenvalue weighted by Gasteiger charge is 2.09. The Hall–Kier alpha value is -1.59. The number of ether oxygens (including phenoxy) is 1. The molecule has 2 N–H and O–H groups in total. The van der Waals surface area contributed by atoms with Crippen molar-refractivity contribution in [3.8, 4) is 5.75 Å². The van der Waals surface area contributed by atoms with Crippen LogP contribution in [0.5, 0.6) is 5.75 Å². The summed E-state index contributed by atoms with van der Waals surface area (Å²) in [5.74, 6) is 2.22. The number of nitrogens with zero attached hydrogens (tertiary/aromatic N) is 3. The zero-order valence-electron chi connectivity index (χ0n) is 11.2. The lowest BCUT2D eigenvalue weighted by Crippen LogP contribution is -2.06. The minimum absolute atomic E-state index is 0.0482. The van der Waals surface area contributed by atoms with Crippen LogP contribution in [0, 0.1) is 6.92 Å². The van der Waals surface area contributed by atoms with Crippen molar-refractivity contribution in [2.24, 2.45) is 12.8 Å². The highest BCUT2D eigenvalue weighted by molar-refractivity contribution is 6.32. The first-order chi connectivity index (χ1) is 8.99. The minimum Gasteiger partial charge on any atom is -0.484 e. The quantitative estimate of drug-likeness (QED) is 0.934. The Morgan fingerprint density at radius 1 is 1.42 bits per heavy atom. The number of nitrogens with two attached hydrogens (primary N) is 1. The second-order valence-electron chi connectivity index (χ2n) is 4.49. The third kappa shape index (κ3) is 3.05. The molecule has 0 aliphatic carbocycles. The fourth-order valence-electron chi connectivity index (χ4n) is 1.64. The van der Waals surface area contributed by atoms with E-state index in [9.17, 15) is 0 Å². The first-order valence-electron chi connectivity index (χ1n) is 6.01. The van der Waals surface area contributed by atoms with Crippen LogP contribution in [0.25, 0.3) is 0 Å². The molecule has 0 unspecified atom stereocenters. The zero-order valence-corrected chi connectivity index (χ0v) is 12.0. The molecule has 0 fully saturated rings. The van der Waals surface area contributed by atoms with E-state index in [1.807, 2.05) is 43.7 Å². The molecule has 0 aliphatic rings. The number of aryl methyl sites for hydroxylation is 1. The van der Waals surface area contributed by atoms with Gasteiger partial charge in [0.1, 0.15) is 18.2 Å². The molecule has 6 heteroatoms. The fourth-order valence-corrected chi connectivity index (χ4v) is 1.88. The van der Waals surface area contributed by atoms with E-state index in [2.05, 4.69) is 10.2 Å². The molecule has 2 aromatic rings. The van der Waals surface area contributed by atoms with Crippen molar-refractivity contribution in [1.29, 1.82) is 0 Å². The minimum atomic E-state index is -0.0482. The van der Waals surface area contributed by atoms with E-state index in [0.29, 0.717) is 17.4 Å². The van der Waals surface area contributed by atoms with Crippen molar-refractivity contribution in [2.75, 3.05) is 0 Å². The Bertz CT molecular complexity index is 580. The van der Waals surface area contributed by atoms with E-state index in [1.165, 1.54) is 0 Å². The second kappa shape index (κ2) is 5.59. The van der Waals surface area contributed by atoms with Crippen LogP contribution in [0.15, 0.2) is 18.2 Å². The van der Waals surface area contributed by atoms with Crippen LogP contribution in [-0.4, -0.2) is 14.8 Å². The van der Waals surface area contributed by atoms with Gasteiger partial charge in [-0.2, -0.15) is 0 Å². The highest BCUT2D eigenvalue weighted by Crippen LogP contribution is 2.27. The van der Waals surface area contributed by atoms with Gasteiger partial charge in [-0.1, -0.05) is 17.7 Å². The molecule has 0 spiro atoms. The van der Waals surface area contributed by atoms with Gasteiger partial charge in [-0.05, 0) is 31.5 Å². The van der Waals surface area contributed by atoms with Crippen LogP contribution < -0.4 is 10.5 Å². The Morgan fingerprint density at radius 3 is 2.68 bits per heavy atom. The Kier molecular flexibility index (Phi) is 4.07. The van der Waals surface area contributed by atoms with Crippen molar-refractivity contribution in [1.82, 2.24) is 14.8 Å². The normalized spacial score (nSPS) is 12.5. The van der Waals surface area contributed by atoms with E-state index in [4.69, 9.17) is 22.1 Å². The first kappa shape index (κ1) is 13.8. The molecule has 5 nitrogen and oxygen atoms in total. The Balaban J connectivity index is 2.10. The molecule has 2 rings (SSSR count). The summed E-state index contributed by atoms with van der Waals surface area (Å²) in [4.78, 5) is 0. The number of benzene rings is 1. The summed E-state index contributed by atoms with van der Waals surface area (Å²) >= 11 is 6.16. The Morgan fingerprint density at radius 2 is 2.16 bits per heavy atom. The molecule has 1 aromatic heterocycles. The molecular weight excluding hydrogens is 264 g/mol. The van der Waals surface area contributed by atoms with Crippen LogP contribution in [0.2, 0.25) is 5.02 Å². The van der Waals surface area contributed by atoms with E-state index in [0.717, 1.165) is 17.2 Å². The van der Waals surface area contributed by atoms with Crippen molar-refractivity contribution < 1.29 is 4.74 Å². The van der Waals surface area contributed by atoms with E-state index >= 15 is 0 Å². The van der Waals surface area contributed by atoms with Crippen molar-refractivity contribution in [3.63, 3.8) is 0 Å². The van der Waals surface area contributed by atoms with Gasteiger partial charge in [0.05, 0.1) is 5.02 Å². The zero-order chi connectivity index (χ0) is 14.0. The lowest BCUT2D eigenvalue weighted by molar-refractivity contribution is 0.291. The maximum absolute atomic E-state index is 6.16. The summed E-state index contributed by atoms with van der Waals surface area (Å²) in [6.07, 6.45) is 0. The summed E-state index contributed by atoms with van der Waals surface area (Å²) in [6.45, 7) is 4.13. The van der Waals surface area contributed by atoms with Gasteiger partial charge in [-0.25, -0.2) is 0 Å². The number of hydrogen-bond acceptors (Lipinski definition) is 4. The average Bonchev–Trinajstić information content (AvgIpc) is 2.68. The van der Waals surface area contributed by atoms with Gasteiger partial charge in [-0.3, -0.25) is 0 Å². The maximum atomic E-state index is 6.16. The SMILES string of the molecule is Cc1nnc(COc2ccc([C@@H](C)N)cc2Cl)n1C. The predicted molar refractivity (Wildman–Crippen MR) is 74.1 cm³/mol. The third-order valence-corrected chi connectivity index (χ3v) is 3.32. The molecule has 19 heavy (non-hydrogen) atoms. The molecule has 102 valence electrons. The number of halogens is 1. The lowest BCUT2D eigenvalue weighted by Gasteiger charge is -2.11. The lowest BCUT2D eigenvalue weighted by atomic mass is 10.1. The smallest absolute Gasteiger partial charge is 0.170 e. The third-order valence-electron chi connectivity index (χ3n) is 3.02. The van der Waals surface area contributed by atoms with Crippen LogP contribution in [-0.2, 0) is 13.7 Å². The van der Waals surface area contributed by atoms with Gasteiger partial charge < -0.3 is 15.0 Å². The molecule has 1 heterocycles. The highest BCUT2D eigenvalue weighted by atomic mass is 35.5. The monoisotopic (exact) mass is 280 g/mol. The molecule has 1 aromatic carbocycles. The largest absolute Gasteiger partial charge is 0.484 e. The molecule has 0 aliphatic heterocycles. The molecule has 0 saturated carbocycles. The van der Waals surface area contributed by atoms with E-state index < -0.39 is 0 Å². The maximum Gasteiger partial charge on any atom is 0.170 e. The Labute approximate surface area is 117 Å². The molecular formula is C13H17ClN4O. The second-order valence-corrected chi connectivity index (χ2v) is 4.90. The van der Waals surface area contributed by atoms with Gasteiger partial charge >= 0.3 is 0 Å². The topological polar surface area (TPSA) is 66.0 Å². The van der Waals surface area contributed by atoms with Gasteiger partial charge in [0.2, 0.25) is 0 Å². The van der Waals surface area contributed by atoms with Crippen molar-refractivity contribution in [3.05, 3.63) is 40.4 Å². The molecule has 0 bridgehead atoms. The average molecular weight is 281 g/mol. The number of rotatable bonds is 4. The summed E-state index contributed by atoms with van der Waals surface area (Å²) in [5, 5.41) is 8.55. The van der Waals surface area contributed by atoms with E-state index in [1.54, 1.807) is 0 Å². The molecule has 0 amide bonds. The van der Waals surface area contributed by atoms with Gasteiger partial charge in [0, 0.05) is 13.1 Å². The molecule has 0 radical (unpaired) electrons.